The first-order valence-corrected chi connectivity index (χ1v) is 3.25. The summed E-state index contributed by atoms with van der Waals surface area (Å²) >= 11 is 0. The topological polar surface area (TPSA) is 84.4 Å². The molecule has 1 rings (SSSR count). The van der Waals surface area contributed by atoms with Crippen LogP contribution in [0.3, 0.4) is 0 Å². The van der Waals surface area contributed by atoms with E-state index in [9.17, 15) is 4.79 Å². The van der Waals surface area contributed by atoms with Gasteiger partial charge in [-0.15, -0.1) is 0 Å². The van der Waals surface area contributed by atoms with E-state index in [0.29, 0.717) is 6.54 Å². The minimum absolute atomic E-state index is 0.173. The molecule has 0 aromatic heterocycles. The second-order valence-electron chi connectivity index (χ2n) is 2.47. The molecule has 1 heterocycles. The highest BCUT2D eigenvalue weighted by molar-refractivity contribution is 5.70. The largest absolute Gasteiger partial charge is 0.351 e. The van der Waals surface area contributed by atoms with Gasteiger partial charge < -0.3 is 11.5 Å². The lowest BCUT2D eigenvalue weighted by atomic mass is 10.3. The number of rotatable bonds is 1. The Morgan fingerprint density at radius 2 is 2.40 bits per heavy atom. The molecule has 2 amide bonds. The van der Waals surface area contributed by atoms with Gasteiger partial charge in [-0.1, -0.05) is 0 Å². The first kappa shape index (κ1) is 7.30. The summed E-state index contributed by atoms with van der Waals surface area (Å²) in [5, 5.41) is 1.73. The van der Waals surface area contributed by atoms with E-state index in [2.05, 4.69) is 5.43 Å². The van der Waals surface area contributed by atoms with Crippen LogP contribution in [0.25, 0.3) is 0 Å². The maximum absolute atomic E-state index is 10.3. The molecule has 0 aliphatic carbocycles. The Morgan fingerprint density at radius 1 is 1.70 bits per heavy atom. The lowest BCUT2D eigenvalue weighted by Gasteiger charge is -2.13. The SMILES string of the molecule is NC(=O)NN1CCC(N)C1. The van der Waals surface area contributed by atoms with Crippen LogP contribution in [0.4, 0.5) is 4.79 Å². The number of amides is 2. The predicted molar refractivity (Wildman–Crippen MR) is 36.9 cm³/mol. The Kier molecular flexibility index (Phi) is 2.08. The molecule has 0 aromatic rings. The van der Waals surface area contributed by atoms with Crippen molar-refractivity contribution in [2.24, 2.45) is 11.5 Å². The standard InChI is InChI=1S/C5H12N4O/c6-4-1-2-9(3-4)8-5(7)10/h4H,1-3,6H2,(H3,7,8,10). The first-order chi connectivity index (χ1) is 4.68. The number of hydrazine groups is 1. The monoisotopic (exact) mass is 144 g/mol. The summed E-state index contributed by atoms with van der Waals surface area (Å²) in [5.41, 5.74) is 12.9. The molecule has 5 N–H and O–H groups in total. The minimum atomic E-state index is -0.519. The van der Waals surface area contributed by atoms with Crippen molar-refractivity contribution in [3.05, 3.63) is 0 Å². The molecule has 5 nitrogen and oxygen atoms in total. The van der Waals surface area contributed by atoms with Gasteiger partial charge in [0, 0.05) is 19.1 Å². The zero-order valence-corrected chi connectivity index (χ0v) is 5.71. The summed E-state index contributed by atoms with van der Waals surface area (Å²) in [4.78, 5) is 10.3. The average Bonchev–Trinajstić information content (AvgIpc) is 2.13. The number of primary amides is 1. The molecule has 1 aliphatic heterocycles. The van der Waals surface area contributed by atoms with E-state index in [4.69, 9.17) is 11.5 Å². The third-order valence-electron chi connectivity index (χ3n) is 1.49. The fraction of sp³-hybridized carbons (Fsp3) is 0.800. The van der Waals surface area contributed by atoms with Gasteiger partial charge in [0.2, 0.25) is 0 Å². The summed E-state index contributed by atoms with van der Waals surface area (Å²) in [6.07, 6.45) is 0.917. The molecule has 1 aliphatic rings. The molecule has 0 bridgehead atoms. The van der Waals surface area contributed by atoms with Crippen LogP contribution >= 0.6 is 0 Å². The summed E-state index contributed by atoms with van der Waals surface area (Å²) in [7, 11) is 0. The smallest absolute Gasteiger partial charge is 0.326 e. The van der Waals surface area contributed by atoms with Crippen LogP contribution in [-0.2, 0) is 0 Å². The number of nitrogens with two attached hydrogens (primary N) is 2. The highest BCUT2D eigenvalue weighted by Gasteiger charge is 2.19. The van der Waals surface area contributed by atoms with Gasteiger partial charge in [-0.05, 0) is 6.42 Å². The van der Waals surface area contributed by atoms with Gasteiger partial charge in [0.05, 0.1) is 0 Å². The van der Waals surface area contributed by atoms with Crippen molar-refractivity contribution in [2.45, 2.75) is 12.5 Å². The van der Waals surface area contributed by atoms with Crippen LogP contribution < -0.4 is 16.9 Å². The van der Waals surface area contributed by atoms with Gasteiger partial charge in [0.15, 0.2) is 0 Å². The third-order valence-corrected chi connectivity index (χ3v) is 1.49. The van der Waals surface area contributed by atoms with E-state index < -0.39 is 6.03 Å². The number of carbonyl (C=O) groups excluding carboxylic acids is 1. The molecule has 58 valence electrons. The molecule has 1 fully saturated rings. The molecule has 1 atom stereocenters. The van der Waals surface area contributed by atoms with E-state index >= 15 is 0 Å². The van der Waals surface area contributed by atoms with Crippen LogP contribution in [0.1, 0.15) is 6.42 Å². The van der Waals surface area contributed by atoms with Crippen molar-refractivity contribution < 1.29 is 4.79 Å². The Bertz CT molecular complexity index is 138. The average molecular weight is 144 g/mol. The molecule has 1 saturated heterocycles. The fourth-order valence-corrected chi connectivity index (χ4v) is 1.04. The second kappa shape index (κ2) is 2.85. The normalized spacial score (nSPS) is 26.7. The summed E-state index contributed by atoms with van der Waals surface area (Å²) in [6, 6.07) is -0.346. The van der Waals surface area contributed by atoms with Crippen molar-refractivity contribution in [1.29, 1.82) is 0 Å². The summed E-state index contributed by atoms with van der Waals surface area (Å²) in [6.45, 7) is 1.49. The number of nitrogens with zero attached hydrogens (tertiary/aromatic N) is 1. The second-order valence-corrected chi connectivity index (χ2v) is 2.47. The third kappa shape index (κ3) is 1.85. The molecular weight excluding hydrogens is 132 g/mol. The minimum Gasteiger partial charge on any atom is -0.351 e. The molecule has 0 radical (unpaired) electrons. The molecule has 1 unspecified atom stereocenters. The number of carbonyl (C=O) groups is 1. The first-order valence-electron chi connectivity index (χ1n) is 3.25. The fourth-order valence-electron chi connectivity index (χ4n) is 1.04. The molecule has 0 saturated carbocycles. The Hall–Kier alpha value is -0.810. The van der Waals surface area contributed by atoms with Crippen molar-refractivity contribution in [1.82, 2.24) is 10.4 Å². The van der Waals surface area contributed by atoms with Crippen LogP contribution in [0.5, 0.6) is 0 Å². The highest BCUT2D eigenvalue weighted by Crippen LogP contribution is 2.02. The summed E-state index contributed by atoms with van der Waals surface area (Å²) < 4.78 is 0. The van der Waals surface area contributed by atoms with E-state index in [1.807, 2.05) is 0 Å². The van der Waals surface area contributed by atoms with Gasteiger partial charge in [-0.3, -0.25) is 5.43 Å². The van der Waals surface area contributed by atoms with Crippen LogP contribution in [0, 0.1) is 0 Å². The van der Waals surface area contributed by atoms with E-state index in [0.717, 1.165) is 13.0 Å². The lowest BCUT2D eigenvalue weighted by Crippen LogP contribution is -2.44. The van der Waals surface area contributed by atoms with Crippen LogP contribution in [0.2, 0.25) is 0 Å². The number of nitrogens with one attached hydrogen (secondary N) is 1. The van der Waals surface area contributed by atoms with Crippen molar-refractivity contribution >= 4 is 6.03 Å². The van der Waals surface area contributed by atoms with Crippen molar-refractivity contribution in [3.63, 3.8) is 0 Å². The molecule has 5 heteroatoms. The predicted octanol–water partition coefficient (Wildman–Crippen LogP) is -1.40. The maximum Gasteiger partial charge on any atom is 0.326 e. The molecule has 10 heavy (non-hydrogen) atoms. The van der Waals surface area contributed by atoms with Gasteiger partial charge in [0.25, 0.3) is 0 Å². The van der Waals surface area contributed by atoms with Gasteiger partial charge in [-0.25, -0.2) is 9.80 Å². The van der Waals surface area contributed by atoms with Gasteiger partial charge in [-0.2, -0.15) is 0 Å². The zero-order chi connectivity index (χ0) is 7.56. The number of hydrogen-bond donors (Lipinski definition) is 3. The molecular formula is C5H12N4O. The van der Waals surface area contributed by atoms with Gasteiger partial charge in [0.1, 0.15) is 0 Å². The maximum atomic E-state index is 10.3. The lowest BCUT2D eigenvalue weighted by molar-refractivity contribution is 0.204. The van der Waals surface area contributed by atoms with Crippen LogP contribution in [0.15, 0.2) is 0 Å². The molecule has 0 aromatic carbocycles. The molecule has 0 spiro atoms. The van der Waals surface area contributed by atoms with E-state index in [1.165, 1.54) is 0 Å². The van der Waals surface area contributed by atoms with Gasteiger partial charge >= 0.3 is 6.03 Å². The number of urea groups is 1. The number of hydrogen-bond acceptors (Lipinski definition) is 3. The van der Waals surface area contributed by atoms with Crippen molar-refractivity contribution in [2.75, 3.05) is 13.1 Å². The van der Waals surface area contributed by atoms with E-state index in [1.54, 1.807) is 5.01 Å². The van der Waals surface area contributed by atoms with Crippen LogP contribution in [-0.4, -0.2) is 30.2 Å². The van der Waals surface area contributed by atoms with Crippen molar-refractivity contribution in [3.8, 4) is 0 Å². The highest BCUT2D eigenvalue weighted by atomic mass is 16.2. The van der Waals surface area contributed by atoms with E-state index in [-0.39, 0.29) is 6.04 Å². The Morgan fingerprint density at radius 3 is 2.80 bits per heavy atom. The zero-order valence-electron chi connectivity index (χ0n) is 5.71. The Balaban J connectivity index is 2.24. The summed E-state index contributed by atoms with van der Waals surface area (Å²) in [5.74, 6) is 0. The Labute approximate surface area is 59.3 Å². The quantitative estimate of drug-likeness (QED) is 0.423.